The molecule has 1 aliphatic rings. The molecular formula is C15H18N4O2. The maximum absolute atomic E-state index is 11.1. The molecule has 2 aromatic rings. The molecule has 6 nitrogen and oxygen atoms in total. The number of non-ortho nitro benzene ring substituents is 1. The highest BCUT2D eigenvalue weighted by molar-refractivity contribution is 5.97. The SMILES string of the molecule is CN1CCCC(Nc2ccc([N+](=O)[O-])c3ncccc23)C1. The van der Waals surface area contributed by atoms with Gasteiger partial charge in [0.1, 0.15) is 5.52 Å². The van der Waals surface area contributed by atoms with Crippen LogP contribution in [0.5, 0.6) is 0 Å². The van der Waals surface area contributed by atoms with Gasteiger partial charge in [0.15, 0.2) is 0 Å². The van der Waals surface area contributed by atoms with Crippen molar-refractivity contribution in [1.29, 1.82) is 0 Å². The van der Waals surface area contributed by atoms with Crippen LogP contribution in [0.15, 0.2) is 30.5 Å². The maximum atomic E-state index is 11.1. The smallest absolute Gasteiger partial charge is 0.295 e. The van der Waals surface area contributed by atoms with Gasteiger partial charge in [0.2, 0.25) is 0 Å². The molecule has 0 radical (unpaired) electrons. The number of benzene rings is 1. The summed E-state index contributed by atoms with van der Waals surface area (Å²) < 4.78 is 0. The molecule has 0 spiro atoms. The molecule has 1 saturated heterocycles. The van der Waals surface area contributed by atoms with Crippen LogP contribution in [0.2, 0.25) is 0 Å². The van der Waals surface area contributed by atoms with Crippen LogP contribution in [0, 0.1) is 10.1 Å². The number of rotatable bonds is 3. The summed E-state index contributed by atoms with van der Waals surface area (Å²) in [4.78, 5) is 17.2. The zero-order valence-electron chi connectivity index (χ0n) is 12.0. The van der Waals surface area contributed by atoms with Crippen molar-refractivity contribution in [2.24, 2.45) is 0 Å². The second-order valence-corrected chi connectivity index (χ2v) is 5.53. The molecule has 6 heteroatoms. The summed E-state index contributed by atoms with van der Waals surface area (Å²) in [5, 5.41) is 15.4. The lowest BCUT2D eigenvalue weighted by atomic mass is 10.0. The highest BCUT2D eigenvalue weighted by atomic mass is 16.6. The number of nitro groups is 1. The summed E-state index contributed by atoms with van der Waals surface area (Å²) in [5.41, 5.74) is 1.41. The lowest BCUT2D eigenvalue weighted by molar-refractivity contribution is -0.383. The topological polar surface area (TPSA) is 71.3 Å². The summed E-state index contributed by atoms with van der Waals surface area (Å²) >= 11 is 0. The van der Waals surface area contributed by atoms with E-state index in [1.165, 1.54) is 6.07 Å². The number of pyridine rings is 1. The number of piperidine rings is 1. The lowest BCUT2D eigenvalue weighted by Gasteiger charge is -2.31. The Bertz CT molecular complexity index is 674. The summed E-state index contributed by atoms with van der Waals surface area (Å²) in [6.07, 6.45) is 3.87. The van der Waals surface area contributed by atoms with E-state index in [0.29, 0.717) is 11.6 Å². The van der Waals surface area contributed by atoms with Crippen LogP contribution in [0.1, 0.15) is 12.8 Å². The lowest BCUT2D eigenvalue weighted by Crippen LogP contribution is -2.39. The number of nitrogens with zero attached hydrogens (tertiary/aromatic N) is 3. The number of anilines is 1. The first-order valence-corrected chi connectivity index (χ1v) is 7.12. The molecule has 0 saturated carbocycles. The maximum Gasteiger partial charge on any atom is 0.295 e. The molecule has 0 aliphatic carbocycles. The van der Waals surface area contributed by atoms with Gasteiger partial charge in [0.25, 0.3) is 5.69 Å². The van der Waals surface area contributed by atoms with E-state index in [1.54, 1.807) is 12.3 Å². The third-order valence-electron chi connectivity index (χ3n) is 3.93. The van der Waals surface area contributed by atoms with E-state index in [-0.39, 0.29) is 10.6 Å². The van der Waals surface area contributed by atoms with Crippen molar-refractivity contribution in [2.75, 3.05) is 25.5 Å². The van der Waals surface area contributed by atoms with Gasteiger partial charge in [-0.2, -0.15) is 0 Å². The van der Waals surface area contributed by atoms with Crippen molar-refractivity contribution >= 4 is 22.3 Å². The van der Waals surface area contributed by atoms with Gasteiger partial charge in [-0.3, -0.25) is 10.1 Å². The number of likely N-dealkylation sites (N-methyl/N-ethyl adjacent to an activating group) is 1. The molecule has 0 amide bonds. The number of hydrogen-bond donors (Lipinski definition) is 1. The molecule has 110 valence electrons. The normalized spacial score (nSPS) is 19.6. The Labute approximate surface area is 122 Å². The summed E-state index contributed by atoms with van der Waals surface area (Å²) in [5.74, 6) is 0. The average molecular weight is 286 g/mol. The molecule has 1 atom stereocenters. The van der Waals surface area contributed by atoms with E-state index in [2.05, 4.69) is 22.2 Å². The van der Waals surface area contributed by atoms with Crippen molar-refractivity contribution in [3.8, 4) is 0 Å². The number of aromatic nitrogens is 1. The van der Waals surface area contributed by atoms with Crippen molar-refractivity contribution in [3.63, 3.8) is 0 Å². The van der Waals surface area contributed by atoms with Crippen LogP contribution in [-0.4, -0.2) is 41.0 Å². The highest BCUT2D eigenvalue weighted by Crippen LogP contribution is 2.30. The Balaban J connectivity index is 1.96. The minimum absolute atomic E-state index is 0.0527. The minimum atomic E-state index is -0.381. The summed E-state index contributed by atoms with van der Waals surface area (Å²) in [6.45, 7) is 2.11. The van der Waals surface area contributed by atoms with Gasteiger partial charge >= 0.3 is 0 Å². The van der Waals surface area contributed by atoms with Gasteiger partial charge in [-0.25, -0.2) is 4.98 Å². The van der Waals surface area contributed by atoms with E-state index in [9.17, 15) is 10.1 Å². The van der Waals surface area contributed by atoms with Gasteiger partial charge in [-0.1, -0.05) is 0 Å². The molecule has 2 heterocycles. The predicted molar refractivity (Wildman–Crippen MR) is 82.5 cm³/mol. The molecule has 3 rings (SSSR count). The summed E-state index contributed by atoms with van der Waals surface area (Å²) in [7, 11) is 2.11. The van der Waals surface area contributed by atoms with Crippen LogP contribution in [0.4, 0.5) is 11.4 Å². The van der Waals surface area contributed by atoms with Crippen molar-refractivity contribution in [1.82, 2.24) is 9.88 Å². The summed E-state index contributed by atoms with van der Waals surface area (Å²) in [6, 6.07) is 7.38. The molecule has 21 heavy (non-hydrogen) atoms. The highest BCUT2D eigenvalue weighted by Gasteiger charge is 2.20. The Hall–Kier alpha value is -2.21. The molecule has 1 aromatic heterocycles. The van der Waals surface area contributed by atoms with Gasteiger partial charge in [0, 0.05) is 35.9 Å². The first kappa shape index (κ1) is 13.8. The molecular weight excluding hydrogens is 268 g/mol. The quantitative estimate of drug-likeness (QED) is 0.693. The Morgan fingerprint density at radius 2 is 2.29 bits per heavy atom. The number of fused-ring (bicyclic) bond motifs is 1. The first-order valence-electron chi connectivity index (χ1n) is 7.12. The van der Waals surface area contributed by atoms with Gasteiger partial charge in [-0.15, -0.1) is 0 Å². The number of likely N-dealkylation sites (tertiary alicyclic amines) is 1. The third-order valence-corrected chi connectivity index (χ3v) is 3.93. The molecule has 0 bridgehead atoms. The van der Waals surface area contributed by atoms with Crippen LogP contribution in [-0.2, 0) is 0 Å². The first-order chi connectivity index (χ1) is 10.1. The van der Waals surface area contributed by atoms with E-state index >= 15 is 0 Å². The largest absolute Gasteiger partial charge is 0.380 e. The second-order valence-electron chi connectivity index (χ2n) is 5.53. The molecule has 1 aromatic carbocycles. The van der Waals surface area contributed by atoms with Gasteiger partial charge in [-0.05, 0) is 44.6 Å². The third kappa shape index (κ3) is 2.80. The standard InChI is InChI=1S/C15H18N4O2/c1-18-9-3-4-11(10-18)17-13-6-7-14(19(20)21)15-12(13)5-2-8-16-15/h2,5-8,11,17H,3-4,9-10H2,1H3. The zero-order valence-corrected chi connectivity index (χ0v) is 12.0. The fraction of sp³-hybridized carbons (Fsp3) is 0.400. The van der Waals surface area contributed by atoms with E-state index in [0.717, 1.165) is 37.0 Å². The number of hydrogen-bond acceptors (Lipinski definition) is 5. The Morgan fingerprint density at radius 3 is 3.05 bits per heavy atom. The molecule has 1 unspecified atom stereocenters. The molecule has 1 aliphatic heterocycles. The van der Waals surface area contributed by atoms with Crippen LogP contribution >= 0.6 is 0 Å². The van der Waals surface area contributed by atoms with Crippen LogP contribution in [0.25, 0.3) is 10.9 Å². The Morgan fingerprint density at radius 1 is 1.43 bits per heavy atom. The van der Waals surface area contributed by atoms with Crippen LogP contribution in [0.3, 0.4) is 0 Å². The van der Waals surface area contributed by atoms with Gasteiger partial charge < -0.3 is 10.2 Å². The monoisotopic (exact) mass is 286 g/mol. The Kier molecular flexibility index (Phi) is 3.70. The fourth-order valence-corrected chi connectivity index (χ4v) is 2.94. The minimum Gasteiger partial charge on any atom is -0.380 e. The van der Waals surface area contributed by atoms with Crippen molar-refractivity contribution in [3.05, 3.63) is 40.6 Å². The van der Waals surface area contributed by atoms with E-state index < -0.39 is 0 Å². The van der Waals surface area contributed by atoms with E-state index in [4.69, 9.17) is 0 Å². The van der Waals surface area contributed by atoms with Crippen molar-refractivity contribution in [2.45, 2.75) is 18.9 Å². The molecule has 1 fully saturated rings. The van der Waals surface area contributed by atoms with Crippen molar-refractivity contribution < 1.29 is 4.92 Å². The van der Waals surface area contributed by atoms with Gasteiger partial charge in [0.05, 0.1) is 4.92 Å². The average Bonchev–Trinajstić information content (AvgIpc) is 2.47. The van der Waals surface area contributed by atoms with E-state index in [1.807, 2.05) is 12.1 Å². The van der Waals surface area contributed by atoms with Crippen LogP contribution < -0.4 is 5.32 Å². The predicted octanol–water partition coefficient (Wildman–Crippen LogP) is 2.65. The molecule has 1 N–H and O–H groups in total. The number of nitrogens with one attached hydrogen (secondary N) is 1. The zero-order chi connectivity index (χ0) is 14.8. The second kappa shape index (κ2) is 5.65. The number of nitro benzene ring substituents is 1. The fourth-order valence-electron chi connectivity index (χ4n) is 2.94.